The molecule has 3 rings (SSSR count). The number of carbonyl (C=O) groups excluding carboxylic acids is 1. The number of methoxy groups -OCH3 is 3. The third-order valence-electron chi connectivity index (χ3n) is 4.42. The van der Waals surface area contributed by atoms with Gasteiger partial charge >= 0.3 is 0 Å². The van der Waals surface area contributed by atoms with Gasteiger partial charge in [-0.25, -0.2) is 4.98 Å². The standard InChI is InChI=1S/C22H23N3O4/c1-25(17-8-6-5-7-9-17)20-12-15(10-11-23-20)22(26)24-16-13-18(27-2)21(29-4)19(14-16)28-3/h5-14H,1-4H3,(H,24,26). The van der Waals surface area contributed by atoms with Gasteiger partial charge in [0.15, 0.2) is 11.5 Å². The Morgan fingerprint density at radius 3 is 2.17 bits per heavy atom. The number of carbonyl (C=O) groups is 1. The predicted molar refractivity (Wildman–Crippen MR) is 113 cm³/mol. The lowest BCUT2D eigenvalue weighted by Gasteiger charge is -2.19. The maximum atomic E-state index is 12.8. The molecule has 3 aromatic rings. The summed E-state index contributed by atoms with van der Waals surface area (Å²) in [7, 11) is 6.48. The minimum Gasteiger partial charge on any atom is -0.493 e. The number of hydrogen-bond acceptors (Lipinski definition) is 6. The first-order valence-electron chi connectivity index (χ1n) is 8.93. The molecule has 0 radical (unpaired) electrons. The van der Waals surface area contributed by atoms with Gasteiger partial charge in [-0.05, 0) is 24.3 Å². The Labute approximate surface area is 169 Å². The molecule has 0 spiro atoms. The van der Waals surface area contributed by atoms with Crippen LogP contribution in [0.15, 0.2) is 60.8 Å². The van der Waals surface area contributed by atoms with Gasteiger partial charge < -0.3 is 24.4 Å². The van der Waals surface area contributed by atoms with E-state index in [0.29, 0.717) is 34.3 Å². The highest BCUT2D eigenvalue weighted by Gasteiger charge is 2.16. The van der Waals surface area contributed by atoms with E-state index in [0.717, 1.165) is 5.69 Å². The number of nitrogens with zero attached hydrogens (tertiary/aromatic N) is 2. The molecule has 0 aliphatic heterocycles. The van der Waals surface area contributed by atoms with E-state index in [9.17, 15) is 4.79 Å². The highest BCUT2D eigenvalue weighted by Crippen LogP contribution is 2.40. The average molecular weight is 393 g/mol. The number of amides is 1. The second-order valence-electron chi connectivity index (χ2n) is 6.17. The predicted octanol–water partition coefficient (Wildman–Crippen LogP) is 4.13. The molecular weight excluding hydrogens is 370 g/mol. The zero-order chi connectivity index (χ0) is 20.8. The molecule has 1 aromatic heterocycles. The number of aromatic nitrogens is 1. The van der Waals surface area contributed by atoms with Crippen molar-refractivity contribution in [1.29, 1.82) is 0 Å². The molecule has 0 aliphatic carbocycles. The Bertz CT molecular complexity index is 967. The van der Waals surface area contributed by atoms with Gasteiger partial charge in [0.25, 0.3) is 5.91 Å². The van der Waals surface area contributed by atoms with Crippen molar-refractivity contribution in [3.05, 3.63) is 66.4 Å². The Hall–Kier alpha value is -3.74. The molecule has 0 saturated carbocycles. The molecule has 1 N–H and O–H groups in total. The SMILES string of the molecule is COc1cc(NC(=O)c2ccnc(N(C)c3ccccc3)c2)cc(OC)c1OC. The molecule has 0 bridgehead atoms. The first-order chi connectivity index (χ1) is 14.1. The number of anilines is 3. The monoisotopic (exact) mass is 393 g/mol. The Morgan fingerprint density at radius 1 is 0.931 bits per heavy atom. The van der Waals surface area contributed by atoms with Gasteiger partial charge in [0, 0.05) is 42.3 Å². The second-order valence-corrected chi connectivity index (χ2v) is 6.17. The number of hydrogen-bond donors (Lipinski definition) is 1. The van der Waals surface area contributed by atoms with Crippen molar-refractivity contribution in [3.8, 4) is 17.2 Å². The molecule has 29 heavy (non-hydrogen) atoms. The van der Waals surface area contributed by atoms with Crippen LogP contribution in [0.1, 0.15) is 10.4 Å². The number of para-hydroxylation sites is 1. The maximum Gasteiger partial charge on any atom is 0.255 e. The summed E-state index contributed by atoms with van der Waals surface area (Å²) in [5.41, 5.74) is 1.98. The summed E-state index contributed by atoms with van der Waals surface area (Å²) in [6.07, 6.45) is 1.61. The van der Waals surface area contributed by atoms with Crippen LogP contribution < -0.4 is 24.4 Å². The molecule has 1 amide bonds. The normalized spacial score (nSPS) is 10.2. The minimum atomic E-state index is -0.274. The highest BCUT2D eigenvalue weighted by atomic mass is 16.5. The van der Waals surface area contributed by atoms with Gasteiger partial charge in [-0.2, -0.15) is 0 Å². The first kappa shape index (κ1) is 20.0. The molecule has 0 atom stereocenters. The van der Waals surface area contributed by atoms with Crippen LogP contribution in [-0.4, -0.2) is 39.3 Å². The highest BCUT2D eigenvalue weighted by molar-refractivity contribution is 6.05. The van der Waals surface area contributed by atoms with Crippen molar-refractivity contribution < 1.29 is 19.0 Å². The smallest absolute Gasteiger partial charge is 0.255 e. The van der Waals surface area contributed by atoms with E-state index in [1.54, 1.807) is 30.5 Å². The molecule has 0 aliphatic rings. The average Bonchev–Trinajstić information content (AvgIpc) is 2.78. The van der Waals surface area contributed by atoms with Gasteiger partial charge in [-0.3, -0.25) is 4.79 Å². The fourth-order valence-corrected chi connectivity index (χ4v) is 2.88. The van der Waals surface area contributed by atoms with Crippen molar-refractivity contribution in [2.24, 2.45) is 0 Å². The van der Waals surface area contributed by atoms with Crippen molar-refractivity contribution in [3.63, 3.8) is 0 Å². The summed E-state index contributed by atoms with van der Waals surface area (Å²) in [6, 6.07) is 16.6. The third kappa shape index (κ3) is 4.40. The molecular formula is C22H23N3O4. The van der Waals surface area contributed by atoms with Crippen LogP contribution in [0.2, 0.25) is 0 Å². The van der Waals surface area contributed by atoms with Crippen molar-refractivity contribution >= 4 is 23.1 Å². The molecule has 0 unspecified atom stereocenters. The number of pyridine rings is 1. The number of benzene rings is 2. The summed E-state index contributed by atoms with van der Waals surface area (Å²) < 4.78 is 16.0. The van der Waals surface area contributed by atoms with Gasteiger partial charge in [-0.1, -0.05) is 18.2 Å². The molecule has 0 saturated heterocycles. The summed E-state index contributed by atoms with van der Waals surface area (Å²) >= 11 is 0. The topological polar surface area (TPSA) is 72.9 Å². The van der Waals surface area contributed by atoms with Gasteiger partial charge in [0.1, 0.15) is 5.82 Å². The molecule has 7 nitrogen and oxygen atoms in total. The van der Waals surface area contributed by atoms with E-state index in [-0.39, 0.29) is 5.91 Å². The lowest BCUT2D eigenvalue weighted by molar-refractivity contribution is 0.102. The minimum absolute atomic E-state index is 0.274. The largest absolute Gasteiger partial charge is 0.493 e. The summed E-state index contributed by atoms with van der Waals surface area (Å²) in [6.45, 7) is 0. The molecule has 1 heterocycles. The van der Waals surface area contributed by atoms with Gasteiger partial charge in [0.05, 0.1) is 21.3 Å². The summed E-state index contributed by atoms with van der Waals surface area (Å²) in [5.74, 6) is 1.77. The first-order valence-corrected chi connectivity index (χ1v) is 8.93. The van der Waals surface area contributed by atoms with Gasteiger partial charge in [-0.15, -0.1) is 0 Å². The van der Waals surface area contributed by atoms with Crippen LogP contribution >= 0.6 is 0 Å². The van der Waals surface area contributed by atoms with Crippen molar-refractivity contribution in [2.75, 3.05) is 38.6 Å². The van der Waals surface area contributed by atoms with E-state index in [1.807, 2.05) is 42.3 Å². The second kappa shape index (κ2) is 8.97. The van der Waals surface area contributed by atoms with E-state index >= 15 is 0 Å². The molecule has 2 aromatic carbocycles. The zero-order valence-electron chi connectivity index (χ0n) is 16.8. The summed E-state index contributed by atoms with van der Waals surface area (Å²) in [5, 5.41) is 2.86. The van der Waals surface area contributed by atoms with Crippen LogP contribution in [0, 0.1) is 0 Å². The summed E-state index contributed by atoms with van der Waals surface area (Å²) in [4.78, 5) is 19.1. The van der Waals surface area contributed by atoms with Crippen LogP contribution in [0.3, 0.4) is 0 Å². The third-order valence-corrected chi connectivity index (χ3v) is 4.42. The van der Waals surface area contributed by atoms with Crippen molar-refractivity contribution in [2.45, 2.75) is 0 Å². The number of rotatable bonds is 7. The Kier molecular flexibility index (Phi) is 6.19. The van der Waals surface area contributed by atoms with E-state index in [1.165, 1.54) is 21.3 Å². The number of nitrogens with one attached hydrogen (secondary N) is 1. The van der Waals surface area contributed by atoms with Crippen LogP contribution in [0.5, 0.6) is 17.2 Å². The van der Waals surface area contributed by atoms with Crippen molar-refractivity contribution in [1.82, 2.24) is 4.98 Å². The van der Waals surface area contributed by atoms with E-state index in [4.69, 9.17) is 14.2 Å². The Morgan fingerprint density at radius 2 is 1.59 bits per heavy atom. The lowest BCUT2D eigenvalue weighted by atomic mass is 10.2. The zero-order valence-corrected chi connectivity index (χ0v) is 16.8. The molecule has 7 heteroatoms. The fourth-order valence-electron chi connectivity index (χ4n) is 2.88. The lowest BCUT2D eigenvalue weighted by Crippen LogP contribution is -2.15. The van der Waals surface area contributed by atoms with Crippen LogP contribution in [-0.2, 0) is 0 Å². The van der Waals surface area contributed by atoms with E-state index < -0.39 is 0 Å². The fraction of sp³-hybridized carbons (Fsp3) is 0.182. The maximum absolute atomic E-state index is 12.8. The number of ether oxygens (including phenoxy) is 3. The quantitative estimate of drug-likeness (QED) is 0.651. The van der Waals surface area contributed by atoms with Crippen LogP contribution in [0.25, 0.3) is 0 Å². The van der Waals surface area contributed by atoms with Gasteiger partial charge in [0.2, 0.25) is 5.75 Å². The van der Waals surface area contributed by atoms with Crippen LogP contribution in [0.4, 0.5) is 17.2 Å². The Balaban J connectivity index is 1.85. The van der Waals surface area contributed by atoms with E-state index in [2.05, 4.69) is 10.3 Å². The molecule has 0 fully saturated rings. The molecule has 150 valence electrons.